The molecule has 0 bridgehead atoms. The molecule has 2 atom stereocenters. The molecule has 4 heterocycles. The van der Waals surface area contributed by atoms with Gasteiger partial charge in [0.15, 0.2) is 0 Å². The summed E-state index contributed by atoms with van der Waals surface area (Å²) in [4.78, 5) is 46.4. The van der Waals surface area contributed by atoms with Crippen LogP contribution in [-0.2, 0) is 27.4 Å². The normalized spacial score (nSPS) is 21.9. The van der Waals surface area contributed by atoms with E-state index in [1.165, 1.54) is 4.90 Å². The van der Waals surface area contributed by atoms with Crippen LogP contribution in [0.1, 0.15) is 97.6 Å². The molecule has 2 aromatic heterocycles. The number of carboxylic acid groups (broad SMARTS) is 1. The fraction of sp³-hybridized carbons (Fsp3) is 0.525. The number of nitriles is 1. The fourth-order valence-corrected chi connectivity index (χ4v) is 9.07. The third-order valence-corrected chi connectivity index (χ3v) is 12.6. The van der Waals surface area contributed by atoms with Gasteiger partial charge in [0.05, 0.1) is 35.1 Å². The maximum atomic E-state index is 15.0. The van der Waals surface area contributed by atoms with Gasteiger partial charge in [0, 0.05) is 49.3 Å². The number of hydrogen-bond donors (Lipinski definition) is 1. The van der Waals surface area contributed by atoms with Crippen molar-refractivity contribution in [2.75, 3.05) is 26.2 Å². The number of piperidine rings is 2. The highest BCUT2D eigenvalue weighted by Gasteiger charge is 2.57. The summed E-state index contributed by atoms with van der Waals surface area (Å²) in [6.07, 6.45) is -5.70. The van der Waals surface area contributed by atoms with Crippen molar-refractivity contribution >= 4 is 29.1 Å². The number of rotatable bonds is 12. The molecule has 6 rings (SSSR count). The first-order chi connectivity index (χ1) is 27.0. The van der Waals surface area contributed by atoms with Gasteiger partial charge in [0.2, 0.25) is 5.60 Å². The second-order valence-corrected chi connectivity index (χ2v) is 15.9. The molecule has 306 valence electrons. The number of carbonyl (C=O) groups is 3. The highest BCUT2D eigenvalue weighted by atomic mass is 32.1. The molecular weight excluding hydrogens is 779 g/mol. The SMILES string of the molecule is CCCC1N(C(=O)c2ncccc2C(F)(F)F)CCCC1(Oc1csc(C(F)(F)F)c1)C(=O)N1CCC(C#N)(c2ccccc2OCCC2(C(=O)O)CCC2)CC1. The number of halogens is 6. The smallest absolute Gasteiger partial charge is 0.425 e. The van der Waals surface area contributed by atoms with Gasteiger partial charge in [-0.3, -0.25) is 19.4 Å². The monoisotopic (exact) mass is 820 g/mol. The minimum Gasteiger partial charge on any atom is -0.493 e. The first kappa shape index (κ1) is 41.8. The first-order valence-electron chi connectivity index (χ1n) is 18.8. The molecule has 57 heavy (non-hydrogen) atoms. The van der Waals surface area contributed by atoms with E-state index in [4.69, 9.17) is 9.47 Å². The number of ether oxygens (including phenoxy) is 2. The standard InChI is InChI=1S/C40H42F6N4O6S/c1-2-8-30-38(56-26-23-31(57-24-26)40(44,45)46,14-7-19-50(30)33(51)32-28(39(41,42)43)10-5-18-48-32)34(52)49-20-15-37(25-47,16-21-49)27-9-3-4-11-29(27)55-22-17-36(35(53)54)12-6-13-36/h3-5,9-11,18,23-24,30H,2,6-8,12-17,19-22H2,1H3,(H,53,54). The minimum absolute atomic E-state index is 0.00332. The van der Waals surface area contributed by atoms with Crippen LogP contribution in [0.15, 0.2) is 54.0 Å². The number of para-hydroxylation sites is 1. The Bertz CT molecular complexity index is 2000. The Morgan fingerprint density at radius 3 is 2.30 bits per heavy atom. The van der Waals surface area contributed by atoms with Crippen molar-refractivity contribution in [2.45, 2.75) is 101 Å². The molecule has 3 aliphatic rings. The average molecular weight is 821 g/mol. The predicted octanol–water partition coefficient (Wildman–Crippen LogP) is 8.51. The van der Waals surface area contributed by atoms with Gasteiger partial charge in [-0.1, -0.05) is 38.0 Å². The van der Waals surface area contributed by atoms with Crippen LogP contribution in [0.2, 0.25) is 0 Å². The Hall–Kier alpha value is -4.85. The van der Waals surface area contributed by atoms with Gasteiger partial charge in [0.25, 0.3) is 11.8 Å². The van der Waals surface area contributed by atoms with Crippen molar-refractivity contribution in [3.8, 4) is 17.6 Å². The van der Waals surface area contributed by atoms with Crippen LogP contribution >= 0.6 is 11.3 Å². The largest absolute Gasteiger partial charge is 0.493 e. The minimum atomic E-state index is -4.93. The van der Waals surface area contributed by atoms with Crippen molar-refractivity contribution in [2.24, 2.45) is 5.41 Å². The lowest BCUT2D eigenvalue weighted by Crippen LogP contribution is -2.68. The van der Waals surface area contributed by atoms with Crippen LogP contribution in [0.25, 0.3) is 0 Å². The number of aliphatic carboxylic acids is 1. The number of aromatic nitrogens is 1. The number of benzene rings is 1. The van der Waals surface area contributed by atoms with Crippen LogP contribution in [0.4, 0.5) is 26.3 Å². The molecule has 0 spiro atoms. The van der Waals surface area contributed by atoms with E-state index in [2.05, 4.69) is 11.1 Å². The van der Waals surface area contributed by atoms with Gasteiger partial charge in [-0.05, 0) is 63.1 Å². The van der Waals surface area contributed by atoms with Gasteiger partial charge in [0.1, 0.15) is 22.1 Å². The van der Waals surface area contributed by atoms with Gasteiger partial charge in [-0.15, -0.1) is 11.3 Å². The van der Waals surface area contributed by atoms with Crippen molar-refractivity contribution < 1.29 is 55.3 Å². The van der Waals surface area contributed by atoms with E-state index in [1.54, 1.807) is 31.2 Å². The van der Waals surface area contributed by atoms with E-state index in [9.17, 15) is 46.3 Å². The van der Waals surface area contributed by atoms with Crippen LogP contribution in [0.3, 0.4) is 0 Å². The van der Waals surface area contributed by atoms with Crippen molar-refractivity contribution in [1.82, 2.24) is 14.8 Å². The summed E-state index contributed by atoms with van der Waals surface area (Å²) in [6, 6.07) is 10.7. The number of carboxylic acids is 1. The summed E-state index contributed by atoms with van der Waals surface area (Å²) < 4.78 is 95.9. The van der Waals surface area contributed by atoms with Crippen molar-refractivity contribution in [3.63, 3.8) is 0 Å². The number of nitrogens with zero attached hydrogens (tertiary/aromatic N) is 4. The van der Waals surface area contributed by atoms with E-state index < -0.39 is 68.7 Å². The molecule has 1 aliphatic carbocycles. The van der Waals surface area contributed by atoms with E-state index in [-0.39, 0.29) is 64.1 Å². The van der Waals surface area contributed by atoms with Gasteiger partial charge < -0.3 is 24.4 Å². The summed E-state index contributed by atoms with van der Waals surface area (Å²) in [5.74, 6) is -2.48. The van der Waals surface area contributed by atoms with Crippen LogP contribution in [0.5, 0.6) is 11.5 Å². The molecule has 10 nitrogen and oxygen atoms in total. The molecule has 2 aliphatic heterocycles. The number of thiophene rings is 1. The van der Waals surface area contributed by atoms with Gasteiger partial charge >= 0.3 is 18.3 Å². The molecule has 1 saturated carbocycles. The summed E-state index contributed by atoms with van der Waals surface area (Å²) in [5.41, 5.74) is -5.55. The quantitative estimate of drug-likeness (QED) is 0.180. The number of amides is 2. The molecule has 2 amide bonds. The number of alkyl halides is 6. The zero-order valence-electron chi connectivity index (χ0n) is 31.1. The predicted molar refractivity (Wildman–Crippen MR) is 194 cm³/mol. The molecule has 2 saturated heterocycles. The van der Waals surface area contributed by atoms with Crippen LogP contribution in [0, 0.1) is 16.7 Å². The van der Waals surface area contributed by atoms with Crippen molar-refractivity contribution in [3.05, 3.63) is 75.7 Å². The lowest BCUT2D eigenvalue weighted by Gasteiger charge is -2.51. The fourth-order valence-electron chi connectivity index (χ4n) is 8.39. The third-order valence-electron chi connectivity index (χ3n) is 11.6. The summed E-state index contributed by atoms with van der Waals surface area (Å²) in [7, 11) is 0. The Balaban J connectivity index is 1.31. The number of carbonyl (C=O) groups excluding carboxylic acids is 2. The lowest BCUT2D eigenvalue weighted by atomic mass is 9.67. The summed E-state index contributed by atoms with van der Waals surface area (Å²) >= 11 is 0.361. The molecule has 3 fully saturated rings. The number of pyridine rings is 1. The van der Waals surface area contributed by atoms with Crippen LogP contribution < -0.4 is 9.47 Å². The number of hydrogen-bond acceptors (Lipinski definition) is 8. The molecule has 1 N–H and O–H groups in total. The Morgan fingerprint density at radius 1 is 0.982 bits per heavy atom. The van der Waals surface area contributed by atoms with Crippen LogP contribution in [-0.4, -0.2) is 75.6 Å². The zero-order chi connectivity index (χ0) is 41.2. The molecule has 1 aromatic carbocycles. The molecule has 17 heteroatoms. The third kappa shape index (κ3) is 8.15. The number of likely N-dealkylation sites (tertiary alicyclic amines) is 2. The maximum absolute atomic E-state index is 15.0. The van der Waals surface area contributed by atoms with E-state index in [0.29, 0.717) is 48.3 Å². The Labute approximate surface area is 329 Å². The highest BCUT2D eigenvalue weighted by Crippen LogP contribution is 2.47. The Morgan fingerprint density at radius 2 is 1.70 bits per heavy atom. The summed E-state index contributed by atoms with van der Waals surface area (Å²) in [5, 5.41) is 21.5. The highest BCUT2D eigenvalue weighted by molar-refractivity contribution is 7.10. The zero-order valence-corrected chi connectivity index (χ0v) is 31.9. The van der Waals surface area contributed by atoms with Gasteiger partial charge in [-0.25, -0.2) is 0 Å². The second-order valence-electron chi connectivity index (χ2n) is 15.0. The maximum Gasteiger partial charge on any atom is 0.425 e. The first-order valence-corrected chi connectivity index (χ1v) is 19.7. The topological polar surface area (TPSA) is 133 Å². The molecule has 3 aromatic rings. The van der Waals surface area contributed by atoms with Crippen molar-refractivity contribution in [1.29, 1.82) is 5.26 Å². The van der Waals surface area contributed by atoms with E-state index in [0.717, 1.165) is 41.1 Å². The average Bonchev–Trinajstić information content (AvgIpc) is 3.65. The summed E-state index contributed by atoms with van der Waals surface area (Å²) in [6.45, 7) is 1.80. The van der Waals surface area contributed by atoms with E-state index in [1.807, 2.05) is 0 Å². The second kappa shape index (κ2) is 16.2. The molecule has 0 radical (unpaired) electrons. The molecule has 2 unspecified atom stereocenters. The lowest BCUT2D eigenvalue weighted by molar-refractivity contribution is -0.161. The van der Waals surface area contributed by atoms with E-state index >= 15 is 4.79 Å². The molecular formula is C40H42F6N4O6S. The van der Waals surface area contributed by atoms with Gasteiger partial charge in [-0.2, -0.15) is 31.6 Å². The Kier molecular flexibility index (Phi) is 11.9.